The van der Waals surface area contributed by atoms with Crippen molar-refractivity contribution in [2.45, 2.75) is 141 Å². The molecule has 11 atom stereocenters. The maximum absolute atomic E-state index is 15.6. The van der Waals surface area contributed by atoms with Crippen LogP contribution in [0.15, 0.2) is 71.8 Å². The lowest BCUT2D eigenvalue weighted by Gasteiger charge is -2.67. The molecule has 2 saturated carbocycles. The molecule has 4 N–H and O–H groups in total. The third-order valence-electron chi connectivity index (χ3n) is 13.0. The first kappa shape index (κ1) is 45.9. The van der Waals surface area contributed by atoms with E-state index in [1.807, 2.05) is 6.92 Å². The topological polar surface area (TPSA) is 213 Å². The number of hydrogen-bond acceptors (Lipinski definition) is 14. The molecule has 1 heterocycles. The molecule has 0 spiro atoms. The van der Waals surface area contributed by atoms with Crippen LogP contribution in [-0.4, -0.2) is 113 Å². The lowest BCUT2D eigenvalue weighted by atomic mass is 9.44. The van der Waals surface area contributed by atoms with Crippen molar-refractivity contribution in [1.82, 2.24) is 5.32 Å². The van der Waals surface area contributed by atoms with Crippen LogP contribution < -0.4 is 5.32 Å². The highest BCUT2D eigenvalue weighted by molar-refractivity contribution is 6.27. The van der Waals surface area contributed by atoms with Crippen molar-refractivity contribution >= 4 is 37.3 Å². The number of aliphatic hydroxyl groups is 3. The zero-order valence-corrected chi connectivity index (χ0v) is 36.3. The highest BCUT2D eigenvalue weighted by Gasteiger charge is 2.78. The van der Waals surface area contributed by atoms with Crippen LogP contribution in [0.1, 0.15) is 97.1 Å². The summed E-state index contributed by atoms with van der Waals surface area (Å²) in [7, 11) is 0.0735. The first-order valence-electron chi connectivity index (χ1n) is 20.8. The number of rotatable bonds is 11. The standard InChI is InChI=1S/C45H58BNO14/c1-10-46-61-34-31-24(2)28(57-39(53)33(50)32(26-17-13-11-14-18-26)47-40(54)60-41(4,5)6)22-45(55,42(31,7)8)37(58-38(52)27-19-15-12-16-20-27)35-43(9,36(34)51)29(49)21-30-44(35,23-56-30)59-25(3)48/h11-20,28-30,32-35,37,46,49-50,55H,10,21-23H2,1-9H3,(H,47,54)/t28-,29?,30+,32-,33+,34+,35-,37-,43+,44-,45+/m0/s1. The quantitative estimate of drug-likeness (QED) is 0.109. The molecule has 6 rings (SSSR count). The minimum Gasteiger partial charge on any atom is -0.456 e. The Morgan fingerprint density at radius 2 is 1.62 bits per heavy atom. The molecule has 15 nitrogen and oxygen atoms in total. The van der Waals surface area contributed by atoms with Crippen molar-refractivity contribution in [1.29, 1.82) is 0 Å². The van der Waals surface area contributed by atoms with Gasteiger partial charge in [-0.1, -0.05) is 75.6 Å². The molecule has 0 aromatic heterocycles. The smallest absolute Gasteiger partial charge is 0.408 e. The molecule has 16 heteroatoms. The first-order valence-corrected chi connectivity index (χ1v) is 20.8. The van der Waals surface area contributed by atoms with E-state index in [4.69, 9.17) is 28.3 Å². The molecular weight excluding hydrogens is 789 g/mol. The van der Waals surface area contributed by atoms with Crippen LogP contribution in [-0.2, 0) is 42.7 Å². The Bertz CT molecular complexity index is 2040. The van der Waals surface area contributed by atoms with Gasteiger partial charge in [0.15, 0.2) is 17.5 Å². The van der Waals surface area contributed by atoms with E-state index in [9.17, 15) is 34.5 Å². The van der Waals surface area contributed by atoms with E-state index in [-0.39, 0.29) is 31.6 Å². The molecule has 1 saturated heterocycles. The summed E-state index contributed by atoms with van der Waals surface area (Å²) in [6.45, 7) is 14.3. The van der Waals surface area contributed by atoms with Gasteiger partial charge >= 0.3 is 24.0 Å². The van der Waals surface area contributed by atoms with Gasteiger partial charge in [-0.3, -0.25) is 9.59 Å². The van der Waals surface area contributed by atoms with Gasteiger partial charge in [-0.2, -0.15) is 0 Å². The van der Waals surface area contributed by atoms with Gasteiger partial charge in [0.2, 0.25) is 0 Å². The number of benzene rings is 2. The van der Waals surface area contributed by atoms with Crippen LogP contribution in [0.3, 0.4) is 0 Å². The van der Waals surface area contributed by atoms with E-state index in [1.54, 1.807) is 90.1 Å². The lowest BCUT2D eigenvalue weighted by Crippen LogP contribution is -2.82. The Morgan fingerprint density at radius 3 is 2.18 bits per heavy atom. The molecule has 2 aromatic rings. The van der Waals surface area contributed by atoms with Crippen LogP contribution in [0.5, 0.6) is 0 Å². The van der Waals surface area contributed by atoms with Gasteiger partial charge in [0.05, 0.1) is 35.6 Å². The van der Waals surface area contributed by atoms with E-state index in [0.717, 1.165) is 0 Å². The number of carbonyl (C=O) groups excluding carboxylic acids is 5. The lowest BCUT2D eigenvalue weighted by molar-refractivity contribution is -0.345. The summed E-state index contributed by atoms with van der Waals surface area (Å²) in [5.41, 5.74) is -7.25. The fourth-order valence-corrected chi connectivity index (χ4v) is 9.92. The molecule has 1 unspecified atom stereocenters. The second-order valence-corrected chi connectivity index (χ2v) is 18.4. The maximum Gasteiger partial charge on any atom is 0.408 e. The molecule has 61 heavy (non-hydrogen) atoms. The fraction of sp³-hybridized carbons (Fsp3) is 0.578. The van der Waals surface area contributed by atoms with Gasteiger partial charge in [0.1, 0.15) is 35.6 Å². The molecular formula is C45H58BNO14. The number of Topliss-reactive ketones (excluding diaryl/α,β-unsaturated/α-hetero) is 1. The molecule has 0 radical (unpaired) electrons. The summed E-state index contributed by atoms with van der Waals surface area (Å²) in [5.74, 6) is -4.86. The summed E-state index contributed by atoms with van der Waals surface area (Å²) in [5, 5.41) is 40.1. The normalized spacial score (nSPS) is 32.6. The minimum absolute atomic E-state index is 0.0735. The first-order chi connectivity index (χ1) is 28.5. The van der Waals surface area contributed by atoms with Crippen molar-refractivity contribution < 1.29 is 67.6 Å². The Balaban J connectivity index is 1.53. The highest BCUT2D eigenvalue weighted by atomic mass is 16.6. The molecule has 1 amide bonds. The number of fused-ring (bicyclic) bond motifs is 5. The average Bonchev–Trinajstić information content (AvgIpc) is 3.19. The van der Waals surface area contributed by atoms with Gasteiger partial charge in [0.25, 0.3) is 7.48 Å². The molecule has 3 fully saturated rings. The van der Waals surface area contributed by atoms with Crippen LogP contribution in [0.2, 0.25) is 6.32 Å². The van der Waals surface area contributed by atoms with Crippen molar-refractivity contribution in [3.05, 3.63) is 82.9 Å². The number of hydrogen-bond donors (Lipinski definition) is 4. The van der Waals surface area contributed by atoms with E-state index in [2.05, 4.69) is 5.32 Å². The third-order valence-corrected chi connectivity index (χ3v) is 13.0. The minimum atomic E-state index is -2.28. The Labute approximate surface area is 356 Å². The molecule has 4 aliphatic rings. The van der Waals surface area contributed by atoms with E-state index in [0.29, 0.717) is 17.5 Å². The molecule has 2 bridgehead atoms. The second-order valence-electron chi connectivity index (χ2n) is 18.4. The molecule has 2 aromatic carbocycles. The number of ketones is 1. The third kappa shape index (κ3) is 8.13. The van der Waals surface area contributed by atoms with Crippen LogP contribution in [0, 0.1) is 16.7 Å². The van der Waals surface area contributed by atoms with Gasteiger partial charge in [-0.05, 0) is 63.5 Å². The average molecular weight is 848 g/mol. The number of ether oxygens (including phenoxy) is 5. The monoisotopic (exact) mass is 847 g/mol. The predicted octanol–water partition coefficient (Wildman–Crippen LogP) is 4.07. The van der Waals surface area contributed by atoms with Crippen molar-refractivity contribution in [3.63, 3.8) is 0 Å². The summed E-state index contributed by atoms with van der Waals surface area (Å²) in [6, 6.07) is 14.9. The Hall–Kier alpha value is -4.61. The Morgan fingerprint density at radius 1 is 1.00 bits per heavy atom. The van der Waals surface area contributed by atoms with Gasteiger partial charge < -0.3 is 49.0 Å². The van der Waals surface area contributed by atoms with E-state index in [1.165, 1.54) is 26.0 Å². The predicted molar refractivity (Wildman–Crippen MR) is 220 cm³/mol. The molecule has 330 valence electrons. The summed E-state index contributed by atoms with van der Waals surface area (Å²) >= 11 is 0. The van der Waals surface area contributed by atoms with Crippen LogP contribution >= 0.6 is 0 Å². The number of alkyl carbamates (subject to hydrolysis) is 1. The summed E-state index contributed by atoms with van der Waals surface area (Å²) in [4.78, 5) is 70.2. The Kier molecular flexibility index (Phi) is 12.7. The van der Waals surface area contributed by atoms with Gasteiger partial charge in [0, 0.05) is 25.2 Å². The summed E-state index contributed by atoms with van der Waals surface area (Å²) in [6.07, 6.45) is -10.0. The van der Waals surface area contributed by atoms with E-state index >= 15 is 4.79 Å². The summed E-state index contributed by atoms with van der Waals surface area (Å²) < 4.78 is 36.5. The number of nitrogens with one attached hydrogen (secondary N) is 1. The number of amides is 1. The van der Waals surface area contributed by atoms with Crippen LogP contribution in [0.4, 0.5) is 4.79 Å². The fourth-order valence-electron chi connectivity index (χ4n) is 9.92. The molecule has 1 aliphatic heterocycles. The number of carbonyl (C=O) groups is 5. The van der Waals surface area contributed by atoms with Crippen molar-refractivity contribution in [2.24, 2.45) is 16.7 Å². The van der Waals surface area contributed by atoms with Crippen molar-refractivity contribution in [2.75, 3.05) is 6.61 Å². The van der Waals surface area contributed by atoms with E-state index < -0.39 is 112 Å². The zero-order valence-electron chi connectivity index (χ0n) is 36.3. The molecule has 3 aliphatic carbocycles. The number of aliphatic hydroxyl groups excluding tert-OH is 2. The largest absolute Gasteiger partial charge is 0.456 e. The highest BCUT2D eigenvalue weighted by Crippen LogP contribution is 2.64. The second kappa shape index (κ2) is 16.9. The number of esters is 3. The van der Waals surface area contributed by atoms with Gasteiger partial charge in [-0.25, -0.2) is 14.4 Å². The van der Waals surface area contributed by atoms with Crippen LogP contribution in [0.25, 0.3) is 0 Å². The zero-order chi connectivity index (χ0) is 44.9. The van der Waals surface area contributed by atoms with Crippen molar-refractivity contribution in [3.8, 4) is 0 Å². The SMILES string of the molecule is CCBO[C@H]1C(=O)[C@]2(C)C(O)C[C@H]3OC[C@@]3(OC(C)=O)[C@H]2[C@H](OC(=O)c2ccccc2)[C@]2(O)C[C@H](OC(=O)[C@H](O)[C@@H](NC(=O)OC(C)(C)C)c3ccccc3)C(C)=C1C2(C)C. The maximum atomic E-state index is 15.6. The van der Waals surface area contributed by atoms with Gasteiger partial charge in [-0.15, -0.1) is 0 Å².